The molecule has 2 aromatic carbocycles. The minimum atomic E-state index is 0.00397. The van der Waals surface area contributed by atoms with E-state index in [9.17, 15) is 4.79 Å². The molecule has 26 heavy (non-hydrogen) atoms. The van der Waals surface area contributed by atoms with Gasteiger partial charge in [-0.05, 0) is 61.2 Å². The van der Waals surface area contributed by atoms with Gasteiger partial charge in [0.1, 0.15) is 11.5 Å². The molecule has 0 bridgehead atoms. The normalized spacial score (nSPS) is 11.7. The van der Waals surface area contributed by atoms with Gasteiger partial charge < -0.3 is 14.8 Å². The smallest absolute Gasteiger partial charge is 0.220 e. The van der Waals surface area contributed by atoms with Crippen LogP contribution in [-0.2, 0) is 4.79 Å². The Balaban J connectivity index is 1.79. The predicted octanol–water partition coefficient (Wildman–Crippen LogP) is 5.08. The summed E-state index contributed by atoms with van der Waals surface area (Å²) < 4.78 is 10.9. The van der Waals surface area contributed by atoms with E-state index in [2.05, 4.69) is 18.3 Å². The van der Waals surface area contributed by atoms with Crippen LogP contribution in [0.1, 0.15) is 43.4 Å². The largest absolute Gasteiger partial charge is 0.496 e. The van der Waals surface area contributed by atoms with E-state index in [0.717, 1.165) is 29.0 Å². The maximum atomic E-state index is 12.2. The number of aryl methyl sites for hydroxylation is 1. The van der Waals surface area contributed by atoms with Crippen molar-refractivity contribution in [1.82, 2.24) is 5.32 Å². The Labute approximate surface area is 160 Å². The minimum Gasteiger partial charge on any atom is -0.496 e. The Morgan fingerprint density at radius 3 is 2.54 bits per heavy atom. The molecule has 1 amide bonds. The third-order valence-corrected chi connectivity index (χ3v) is 4.45. The summed E-state index contributed by atoms with van der Waals surface area (Å²) in [5.41, 5.74) is 2.16. The number of benzene rings is 2. The van der Waals surface area contributed by atoms with Crippen molar-refractivity contribution in [2.75, 3.05) is 13.7 Å². The zero-order valence-electron chi connectivity index (χ0n) is 15.5. The lowest BCUT2D eigenvalue weighted by Crippen LogP contribution is -2.28. The van der Waals surface area contributed by atoms with Crippen molar-refractivity contribution in [3.8, 4) is 11.5 Å². The molecule has 0 aliphatic carbocycles. The van der Waals surface area contributed by atoms with Gasteiger partial charge in [0.15, 0.2) is 0 Å². The van der Waals surface area contributed by atoms with E-state index in [1.807, 2.05) is 31.2 Å². The highest BCUT2D eigenvalue weighted by molar-refractivity contribution is 6.30. The Morgan fingerprint density at radius 2 is 1.92 bits per heavy atom. The summed E-state index contributed by atoms with van der Waals surface area (Å²) >= 11 is 5.84. The lowest BCUT2D eigenvalue weighted by atomic mass is 10.0. The van der Waals surface area contributed by atoms with Crippen molar-refractivity contribution >= 4 is 17.5 Å². The fraction of sp³-hybridized carbons (Fsp3) is 0.381. The molecule has 0 radical (unpaired) electrons. The molecule has 140 valence electrons. The number of hydrogen-bond acceptors (Lipinski definition) is 3. The van der Waals surface area contributed by atoms with Crippen molar-refractivity contribution < 1.29 is 14.3 Å². The van der Waals surface area contributed by atoms with Crippen LogP contribution in [0.5, 0.6) is 11.5 Å². The van der Waals surface area contributed by atoms with Crippen molar-refractivity contribution in [2.24, 2.45) is 0 Å². The van der Waals surface area contributed by atoms with Crippen LogP contribution in [0.25, 0.3) is 0 Å². The van der Waals surface area contributed by atoms with Gasteiger partial charge in [0, 0.05) is 11.4 Å². The average molecular weight is 376 g/mol. The van der Waals surface area contributed by atoms with E-state index in [1.54, 1.807) is 19.2 Å². The molecule has 0 unspecified atom stereocenters. The lowest BCUT2D eigenvalue weighted by molar-refractivity contribution is -0.122. The summed E-state index contributed by atoms with van der Waals surface area (Å²) in [5, 5.41) is 3.78. The average Bonchev–Trinajstić information content (AvgIpc) is 2.64. The van der Waals surface area contributed by atoms with Gasteiger partial charge in [-0.2, -0.15) is 0 Å². The van der Waals surface area contributed by atoms with Crippen LogP contribution in [0.2, 0.25) is 5.02 Å². The topological polar surface area (TPSA) is 47.6 Å². The summed E-state index contributed by atoms with van der Waals surface area (Å²) in [6, 6.07) is 13.2. The first-order valence-electron chi connectivity index (χ1n) is 8.85. The summed E-state index contributed by atoms with van der Waals surface area (Å²) in [4.78, 5) is 12.2. The minimum absolute atomic E-state index is 0.00397. The molecule has 0 aliphatic heterocycles. The van der Waals surface area contributed by atoms with E-state index in [-0.39, 0.29) is 11.9 Å². The van der Waals surface area contributed by atoms with Gasteiger partial charge in [0.05, 0.1) is 19.8 Å². The van der Waals surface area contributed by atoms with Gasteiger partial charge in [-0.15, -0.1) is 0 Å². The van der Waals surface area contributed by atoms with Gasteiger partial charge in [-0.1, -0.05) is 30.7 Å². The predicted molar refractivity (Wildman–Crippen MR) is 105 cm³/mol. The van der Waals surface area contributed by atoms with Crippen LogP contribution in [0.4, 0.5) is 0 Å². The van der Waals surface area contributed by atoms with Gasteiger partial charge in [0.2, 0.25) is 5.91 Å². The second-order valence-electron chi connectivity index (χ2n) is 6.16. The van der Waals surface area contributed by atoms with Crippen LogP contribution in [-0.4, -0.2) is 19.6 Å². The van der Waals surface area contributed by atoms with E-state index in [1.165, 1.54) is 0 Å². The number of carbonyl (C=O) groups is 1. The molecular weight excluding hydrogens is 350 g/mol. The molecule has 0 spiro atoms. The fourth-order valence-corrected chi connectivity index (χ4v) is 2.89. The second kappa shape index (κ2) is 10.1. The molecule has 0 heterocycles. The summed E-state index contributed by atoms with van der Waals surface area (Å²) in [7, 11) is 1.66. The first kappa shape index (κ1) is 20.1. The van der Waals surface area contributed by atoms with Gasteiger partial charge in [0.25, 0.3) is 0 Å². The van der Waals surface area contributed by atoms with E-state index in [0.29, 0.717) is 24.5 Å². The highest BCUT2D eigenvalue weighted by atomic mass is 35.5. The number of methoxy groups -OCH3 is 1. The molecule has 1 atom stereocenters. The molecule has 1 N–H and O–H groups in total. The van der Waals surface area contributed by atoms with E-state index in [4.69, 9.17) is 21.1 Å². The second-order valence-corrected chi connectivity index (χ2v) is 6.60. The fourth-order valence-electron chi connectivity index (χ4n) is 2.76. The van der Waals surface area contributed by atoms with Crippen LogP contribution in [0.15, 0.2) is 42.5 Å². The van der Waals surface area contributed by atoms with Crippen molar-refractivity contribution in [2.45, 2.75) is 39.2 Å². The third kappa shape index (κ3) is 5.95. The Kier molecular flexibility index (Phi) is 7.79. The van der Waals surface area contributed by atoms with Crippen LogP contribution in [0, 0.1) is 6.92 Å². The van der Waals surface area contributed by atoms with Crippen LogP contribution >= 0.6 is 11.6 Å². The maximum Gasteiger partial charge on any atom is 0.220 e. The molecule has 2 rings (SSSR count). The number of carbonyl (C=O) groups excluding carboxylic acids is 1. The quantitative estimate of drug-likeness (QED) is 0.621. The maximum absolute atomic E-state index is 12.2. The number of hydrogen-bond donors (Lipinski definition) is 1. The first-order valence-corrected chi connectivity index (χ1v) is 9.23. The third-order valence-electron chi connectivity index (χ3n) is 4.20. The van der Waals surface area contributed by atoms with Crippen LogP contribution in [0.3, 0.4) is 0 Å². The van der Waals surface area contributed by atoms with E-state index < -0.39 is 0 Å². The van der Waals surface area contributed by atoms with Gasteiger partial charge in [-0.3, -0.25) is 4.79 Å². The van der Waals surface area contributed by atoms with Crippen molar-refractivity contribution in [1.29, 1.82) is 0 Å². The summed E-state index contributed by atoms with van der Waals surface area (Å²) in [6.45, 7) is 4.56. The standard InChI is InChI=1S/C21H26ClNO3/c1-4-19(16-7-12-20(25-3)15(2)14-16)23-21(24)6-5-13-26-18-10-8-17(22)9-11-18/h7-12,14,19H,4-6,13H2,1-3H3,(H,23,24)/t19-/m1/s1. The highest BCUT2D eigenvalue weighted by Gasteiger charge is 2.14. The SMILES string of the molecule is CC[C@@H](NC(=O)CCCOc1ccc(Cl)cc1)c1ccc(OC)c(C)c1. The molecule has 0 saturated carbocycles. The monoisotopic (exact) mass is 375 g/mol. The van der Waals surface area contributed by atoms with Crippen LogP contribution < -0.4 is 14.8 Å². The molecule has 0 fully saturated rings. The first-order chi connectivity index (χ1) is 12.5. The summed E-state index contributed by atoms with van der Waals surface area (Å²) in [6.07, 6.45) is 1.92. The summed E-state index contributed by atoms with van der Waals surface area (Å²) in [5.74, 6) is 1.65. The molecule has 4 nitrogen and oxygen atoms in total. The van der Waals surface area contributed by atoms with Crippen molar-refractivity contribution in [3.63, 3.8) is 0 Å². The van der Waals surface area contributed by atoms with Gasteiger partial charge >= 0.3 is 0 Å². The molecule has 5 heteroatoms. The molecule has 0 saturated heterocycles. The zero-order valence-corrected chi connectivity index (χ0v) is 16.3. The number of nitrogens with one attached hydrogen (secondary N) is 1. The zero-order chi connectivity index (χ0) is 18.9. The molecular formula is C21H26ClNO3. The highest BCUT2D eigenvalue weighted by Crippen LogP contribution is 2.24. The molecule has 2 aromatic rings. The van der Waals surface area contributed by atoms with Gasteiger partial charge in [-0.25, -0.2) is 0 Å². The Hall–Kier alpha value is -2.20. The van der Waals surface area contributed by atoms with Crippen molar-refractivity contribution in [3.05, 3.63) is 58.6 Å². The molecule has 0 aromatic heterocycles. The Morgan fingerprint density at radius 1 is 1.19 bits per heavy atom. The molecule has 0 aliphatic rings. The number of rotatable bonds is 9. The Bertz CT molecular complexity index is 716. The number of ether oxygens (including phenoxy) is 2. The number of amides is 1. The van der Waals surface area contributed by atoms with E-state index >= 15 is 0 Å². The lowest BCUT2D eigenvalue weighted by Gasteiger charge is -2.19. The number of halogens is 1.